The molecule has 0 radical (unpaired) electrons. The lowest BCUT2D eigenvalue weighted by molar-refractivity contribution is -0.130. The fourth-order valence-corrected chi connectivity index (χ4v) is 5.02. The number of rotatable bonds is 6. The lowest BCUT2D eigenvalue weighted by Gasteiger charge is -2.34. The Morgan fingerprint density at radius 3 is 2.86 bits per heavy atom. The molecule has 2 saturated heterocycles. The number of carbonyl (C=O) groups excluding carboxylic acids is 1. The van der Waals surface area contributed by atoms with Crippen LogP contribution in [0.15, 0.2) is 30.3 Å². The molecule has 3 aliphatic rings. The van der Waals surface area contributed by atoms with Crippen LogP contribution in [0.4, 0.5) is 0 Å². The molecular formula is C22H34ClN3O2. The van der Waals surface area contributed by atoms with Gasteiger partial charge in [0, 0.05) is 44.2 Å². The van der Waals surface area contributed by atoms with Crippen LogP contribution in [0.1, 0.15) is 37.7 Å². The monoisotopic (exact) mass is 407 g/mol. The van der Waals surface area contributed by atoms with Crippen LogP contribution in [-0.4, -0.2) is 61.8 Å². The van der Waals surface area contributed by atoms with Gasteiger partial charge < -0.3 is 20.3 Å². The fraction of sp³-hybridized carbons (Fsp3) is 0.682. The van der Waals surface area contributed by atoms with E-state index in [0.717, 1.165) is 45.7 Å². The van der Waals surface area contributed by atoms with Crippen LogP contribution in [0.3, 0.4) is 0 Å². The highest BCUT2D eigenvalue weighted by Gasteiger charge is 2.37. The highest BCUT2D eigenvalue weighted by atomic mass is 35.5. The van der Waals surface area contributed by atoms with Gasteiger partial charge in [0.05, 0.1) is 13.2 Å². The fourth-order valence-electron chi connectivity index (χ4n) is 5.02. The first-order valence-electron chi connectivity index (χ1n) is 10.7. The molecule has 4 atom stereocenters. The second-order valence-corrected chi connectivity index (χ2v) is 8.31. The van der Waals surface area contributed by atoms with Gasteiger partial charge >= 0.3 is 0 Å². The van der Waals surface area contributed by atoms with Gasteiger partial charge in [-0.15, -0.1) is 12.4 Å². The SMILES string of the molecule is Cl.O=C(CCc1ccccc1)N1CCC(NC2CCCC2C2COCCN2)C1. The Kier molecular flexibility index (Phi) is 8.15. The Labute approximate surface area is 175 Å². The Hall–Kier alpha value is -1.14. The van der Waals surface area contributed by atoms with Gasteiger partial charge in [-0.25, -0.2) is 0 Å². The van der Waals surface area contributed by atoms with Crippen molar-refractivity contribution in [1.29, 1.82) is 0 Å². The maximum atomic E-state index is 12.6. The van der Waals surface area contributed by atoms with E-state index in [-0.39, 0.29) is 12.4 Å². The topological polar surface area (TPSA) is 53.6 Å². The molecule has 4 unspecified atom stereocenters. The molecule has 4 rings (SSSR count). The Morgan fingerprint density at radius 2 is 2.07 bits per heavy atom. The number of carbonyl (C=O) groups is 1. The summed E-state index contributed by atoms with van der Waals surface area (Å²) in [6.07, 6.45) is 6.37. The first-order valence-corrected chi connectivity index (χ1v) is 10.7. The minimum atomic E-state index is 0. The molecule has 156 valence electrons. The van der Waals surface area contributed by atoms with Crippen molar-refractivity contribution in [2.24, 2.45) is 5.92 Å². The van der Waals surface area contributed by atoms with Gasteiger partial charge in [0.25, 0.3) is 0 Å². The standard InChI is InChI=1S/C22H33N3O2.ClH/c26-22(10-9-17-5-2-1-3-6-17)25-13-11-18(15-25)24-20-8-4-7-19(20)21-16-27-14-12-23-21;/h1-3,5-6,18-21,23-24H,4,7-16H2;1H. The molecular weight excluding hydrogens is 374 g/mol. The van der Waals surface area contributed by atoms with E-state index in [1.165, 1.54) is 24.8 Å². The normalized spacial score (nSPS) is 30.2. The molecule has 2 heterocycles. The van der Waals surface area contributed by atoms with E-state index in [9.17, 15) is 4.79 Å². The molecule has 6 heteroatoms. The number of morpholine rings is 1. The summed E-state index contributed by atoms with van der Waals surface area (Å²) >= 11 is 0. The van der Waals surface area contributed by atoms with Gasteiger partial charge in [0.1, 0.15) is 0 Å². The summed E-state index contributed by atoms with van der Waals surface area (Å²) in [5, 5.41) is 7.54. The molecule has 2 aliphatic heterocycles. The maximum absolute atomic E-state index is 12.6. The number of hydrogen-bond donors (Lipinski definition) is 2. The third-order valence-electron chi connectivity index (χ3n) is 6.50. The minimum absolute atomic E-state index is 0. The average molecular weight is 408 g/mol. The van der Waals surface area contributed by atoms with Gasteiger partial charge in [-0.3, -0.25) is 4.79 Å². The van der Waals surface area contributed by atoms with E-state index >= 15 is 0 Å². The van der Waals surface area contributed by atoms with Gasteiger partial charge in [-0.1, -0.05) is 36.8 Å². The molecule has 0 spiro atoms. The summed E-state index contributed by atoms with van der Waals surface area (Å²) in [4.78, 5) is 14.6. The third kappa shape index (κ3) is 5.47. The summed E-state index contributed by atoms with van der Waals surface area (Å²) in [6, 6.07) is 11.8. The number of hydrogen-bond acceptors (Lipinski definition) is 4. The number of nitrogens with zero attached hydrogens (tertiary/aromatic N) is 1. The van der Waals surface area contributed by atoms with Gasteiger partial charge in [0.15, 0.2) is 0 Å². The van der Waals surface area contributed by atoms with Crippen LogP contribution in [-0.2, 0) is 16.0 Å². The lowest BCUT2D eigenvalue weighted by atomic mass is 9.93. The molecule has 0 bridgehead atoms. The molecule has 1 amide bonds. The minimum Gasteiger partial charge on any atom is -0.379 e. The number of nitrogens with one attached hydrogen (secondary N) is 2. The van der Waals surface area contributed by atoms with Gasteiger partial charge in [-0.05, 0) is 37.2 Å². The number of likely N-dealkylation sites (tertiary alicyclic amines) is 1. The van der Waals surface area contributed by atoms with Crippen molar-refractivity contribution >= 4 is 18.3 Å². The van der Waals surface area contributed by atoms with Crippen LogP contribution in [0.2, 0.25) is 0 Å². The van der Waals surface area contributed by atoms with Crippen molar-refractivity contribution in [3.05, 3.63) is 35.9 Å². The van der Waals surface area contributed by atoms with Crippen molar-refractivity contribution in [2.75, 3.05) is 32.8 Å². The molecule has 3 fully saturated rings. The van der Waals surface area contributed by atoms with E-state index in [2.05, 4.69) is 27.7 Å². The molecule has 1 aliphatic carbocycles. The number of halogens is 1. The summed E-state index contributed by atoms with van der Waals surface area (Å²) in [6.45, 7) is 4.42. The van der Waals surface area contributed by atoms with E-state index in [1.807, 2.05) is 18.2 Å². The largest absolute Gasteiger partial charge is 0.379 e. The third-order valence-corrected chi connectivity index (χ3v) is 6.50. The molecule has 28 heavy (non-hydrogen) atoms. The Balaban J connectivity index is 0.00000225. The number of aryl methyl sites for hydroxylation is 1. The molecule has 1 aromatic carbocycles. The molecule has 5 nitrogen and oxygen atoms in total. The second-order valence-electron chi connectivity index (χ2n) is 8.31. The second kappa shape index (κ2) is 10.6. The highest BCUT2D eigenvalue weighted by Crippen LogP contribution is 2.30. The number of benzene rings is 1. The van der Waals surface area contributed by atoms with Gasteiger partial charge in [-0.2, -0.15) is 0 Å². The number of ether oxygens (including phenoxy) is 1. The van der Waals surface area contributed by atoms with Gasteiger partial charge in [0.2, 0.25) is 5.91 Å². The lowest BCUT2D eigenvalue weighted by Crippen LogP contribution is -2.52. The number of amides is 1. The van der Waals surface area contributed by atoms with Crippen LogP contribution >= 0.6 is 12.4 Å². The zero-order chi connectivity index (χ0) is 18.5. The summed E-state index contributed by atoms with van der Waals surface area (Å²) < 4.78 is 5.68. The van der Waals surface area contributed by atoms with Crippen molar-refractivity contribution in [2.45, 2.75) is 56.7 Å². The first kappa shape index (κ1) is 21.6. The van der Waals surface area contributed by atoms with E-state index in [1.54, 1.807) is 0 Å². The first-order chi connectivity index (χ1) is 13.3. The predicted octanol–water partition coefficient (Wildman–Crippen LogP) is 2.39. The van der Waals surface area contributed by atoms with E-state index < -0.39 is 0 Å². The predicted molar refractivity (Wildman–Crippen MR) is 114 cm³/mol. The zero-order valence-corrected chi connectivity index (χ0v) is 17.5. The molecule has 1 aromatic rings. The van der Waals surface area contributed by atoms with Crippen molar-refractivity contribution in [3.63, 3.8) is 0 Å². The Morgan fingerprint density at radius 1 is 1.21 bits per heavy atom. The highest BCUT2D eigenvalue weighted by molar-refractivity contribution is 5.85. The van der Waals surface area contributed by atoms with E-state index in [4.69, 9.17) is 4.74 Å². The molecule has 0 aromatic heterocycles. The molecule has 1 saturated carbocycles. The Bertz CT molecular complexity index is 609. The van der Waals surface area contributed by atoms with Crippen molar-refractivity contribution in [3.8, 4) is 0 Å². The van der Waals surface area contributed by atoms with Crippen LogP contribution in [0.25, 0.3) is 0 Å². The average Bonchev–Trinajstić information content (AvgIpc) is 3.38. The maximum Gasteiger partial charge on any atom is 0.222 e. The summed E-state index contributed by atoms with van der Waals surface area (Å²) in [5.41, 5.74) is 1.25. The van der Waals surface area contributed by atoms with Crippen LogP contribution in [0, 0.1) is 5.92 Å². The smallest absolute Gasteiger partial charge is 0.222 e. The quantitative estimate of drug-likeness (QED) is 0.760. The summed E-state index contributed by atoms with van der Waals surface area (Å²) in [7, 11) is 0. The van der Waals surface area contributed by atoms with Crippen molar-refractivity contribution < 1.29 is 9.53 Å². The van der Waals surface area contributed by atoms with Crippen LogP contribution < -0.4 is 10.6 Å². The van der Waals surface area contributed by atoms with E-state index in [0.29, 0.717) is 36.4 Å². The summed E-state index contributed by atoms with van der Waals surface area (Å²) in [5.74, 6) is 0.960. The van der Waals surface area contributed by atoms with Crippen molar-refractivity contribution in [1.82, 2.24) is 15.5 Å². The molecule has 2 N–H and O–H groups in total. The van der Waals surface area contributed by atoms with Crippen LogP contribution in [0.5, 0.6) is 0 Å². The zero-order valence-electron chi connectivity index (χ0n) is 16.6.